The molecule has 0 aliphatic rings. The first-order chi connectivity index (χ1) is 8.17. The SMILES string of the molecule is CCCOc1ccc(C=O)c(OCC(F)F)c1. The largest absolute Gasteiger partial charge is 0.493 e. The van der Waals surface area contributed by atoms with Crippen molar-refractivity contribution in [1.82, 2.24) is 0 Å². The van der Waals surface area contributed by atoms with Crippen LogP contribution in [0.3, 0.4) is 0 Å². The number of benzene rings is 1. The molecule has 0 aliphatic heterocycles. The molecule has 0 atom stereocenters. The van der Waals surface area contributed by atoms with E-state index >= 15 is 0 Å². The summed E-state index contributed by atoms with van der Waals surface area (Å²) in [6.45, 7) is 1.74. The van der Waals surface area contributed by atoms with Gasteiger partial charge in [0.05, 0.1) is 12.2 Å². The van der Waals surface area contributed by atoms with Gasteiger partial charge in [-0.3, -0.25) is 4.79 Å². The minimum absolute atomic E-state index is 0.119. The Morgan fingerprint density at radius 1 is 1.35 bits per heavy atom. The molecule has 0 bridgehead atoms. The van der Waals surface area contributed by atoms with E-state index in [0.29, 0.717) is 18.6 Å². The van der Waals surface area contributed by atoms with Crippen LogP contribution < -0.4 is 9.47 Å². The summed E-state index contributed by atoms with van der Waals surface area (Å²) in [5.41, 5.74) is 0.231. The van der Waals surface area contributed by atoms with Crippen LogP contribution in [0.25, 0.3) is 0 Å². The van der Waals surface area contributed by atoms with Crippen LogP contribution in [0.2, 0.25) is 0 Å². The molecule has 0 fully saturated rings. The molecule has 0 N–H and O–H groups in total. The van der Waals surface area contributed by atoms with E-state index in [0.717, 1.165) is 6.42 Å². The van der Waals surface area contributed by atoms with Crippen molar-refractivity contribution in [2.45, 2.75) is 19.8 Å². The Labute approximate surface area is 98.3 Å². The molecular formula is C12H14F2O3. The molecule has 3 nitrogen and oxygen atoms in total. The van der Waals surface area contributed by atoms with Gasteiger partial charge in [0.15, 0.2) is 6.29 Å². The number of aldehydes is 1. The van der Waals surface area contributed by atoms with E-state index in [-0.39, 0.29) is 11.3 Å². The first kappa shape index (κ1) is 13.4. The zero-order valence-electron chi connectivity index (χ0n) is 9.49. The van der Waals surface area contributed by atoms with E-state index in [1.165, 1.54) is 12.1 Å². The predicted molar refractivity (Wildman–Crippen MR) is 59.1 cm³/mol. The van der Waals surface area contributed by atoms with E-state index in [9.17, 15) is 13.6 Å². The summed E-state index contributed by atoms with van der Waals surface area (Å²) in [7, 11) is 0. The highest BCUT2D eigenvalue weighted by molar-refractivity contribution is 5.79. The molecule has 0 heterocycles. The Bertz CT molecular complexity index is 367. The molecule has 1 aromatic rings. The molecule has 0 aliphatic carbocycles. The normalized spacial score (nSPS) is 10.4. The maximum atomic E-state index is 12.0. The Hall–Kier alpha value is -1.65. The number of ether oxygens (including phenoxy) is 2. The van der Waals surface area contributed by atoms with Gasteiger partial charge in [-0.25, -0.2) is 8.78 Å². The van der Waals surface area contributed by atoms with Gasteiger partial charge in [-0.2, -0.15) is 0 Å². The van der Waals surface area contributed by atoms with Crippen molar-refractivity contribution in [3.05, 3.63) is 23.8 Å². The van der Waals surface area contributed by atoms with Gasteiger partial charge >= 0.3 is 0 Å². The minimum Gasteiger partial charge on any atom is -0.493 e. The summed E-state index contributed by atoms with van der Waals surface area (Å²) >= 11 is 0. The van der Waals surface area contributed by atoms with Crippen LogP contribution >= 0.6 is 0 Å². The molecule has 1 aromatic carbocycles. The zero-order valence-corrected chi connectivity index (χ0v) is 9.49. The standard InChI is InChI=1S/C12H14F2O3/c1-2-5-16-10-4-3-9(7-15)11(6-10)17-8-12(13)14/h3-4,6-7,12H,2,5,8H2,1H3. The summed E-state index contributed by atoms with van der Waals surface area (Å²) in [5.74, 6) is 0.621. The Balaban J connectivity index is 2.78. The summed E-state index contributed by atoms with van der Waals surface area (Å²) in [4.78, 5) is 10.7. The van der Waals surface area contributed by atoms with Crippen LogP contribution in [0.15, 0.2) is 18.2 Å². The average molecular weight is 244 g/mol. The zero-order chi connectivity index (χ0) is 12.7. The molecule has 5 heteroatoms. The van der Waals surface area contributed by atoms with Crippen LogP contribution in [0.4, 0.5) is 8.78 Å². The van der Waals surface area contributed by atoms with Crippen LogP contribution in [-0.2, 0) is 0 Å². The van der Waals surface area contributed by atoms with Crippen molar-refractivity contribution in [3.63, 3.8) is 0 Å². The summed E-state index contributed by atoms with van der Waals surface area (Å²) in [6.07, 6.45) is -1.18. The highest BCUT2D eigenvalue weighted by atomic mass is 19.3. The highest BCUT2D eigenvalue weighted by Crippen LogP contribution is 2.24. The Kier molecular flexibility index (Phi) is 5.39. The second kappa shape index (κ2) is 6.83. The van der Waals surface area contributed by atoms with Crippen LogP contribution in [0.5, 0.6) is 11.5 Å². The van der Waals surface area contributed by atoms with Gasteiger partial charge in [0.2, 0.25) is 0 Å². The lowest BCUT2D eigenvalue weighted by atomic mass is 10.2. The molecule has 0 saturated carbocycles. The van der Waals surface area contributed by atoms with Crippen molar-refractivity contribution in [3.8, 4) is 11.5 Å². The lowest BCUT2D eigenvalue weighted by molar-refractivity contribution is 0.0807. The summed E-state index contributed by atoms with van der Waals surface area (Å²) in [5, 5.41) is 0. The van der Waals surface area contributed by atoms with E-state index in [1.54, 1.807) is 6.07 Å². The Morgan fingerprint density at radius 2 is 2.12 bits per heavy atom. The second-order valence-corrected chi connectivity index (χ2v) is 3.37. The van der Waals surface area contributed by atoms with Crippen molar-refractivity contribution in [1.29, 1.82) is 0 Å². The molecule has 0 unspecified atom stereocenters. The van der Waals surface area contributed by atoms with Gasteiger partial charge in [-0.1, -0.05) is 6.92 Å². The lowest BCUT2D eigenvalue weighted by Crippen LogP contribution is -2.08. The fourth-order valence-corrected chi connectivity index (χ4v) is 1.20. The number of alkyl halides is 2. The number of carbonyl (C=O) groups is 1. The van der Waals surface area contributed by atoms with E-state index in [4.69, 9.17) is 9.47 Å². The van der Waals surface area contributed by atoms with Crippen LogP contribution in [0.1, 0.15) is 23.7 Å². The molecular weight excluding hydrogens is 230 g/mol. The molecule has 0 aromatic heterocycles. The number of rotatable bonds is 7. The fourth-order valence-electron chi connectivity index (χ4n) is 1.20. The van der Waals surface area contributed by atoms with Gasteiger partial charge in [0.25, 0.3) is 6.43 Å². The molecule has 17 heavy (non-hydrogen) atoms. The maximum absolute atomic E-state index is 12.0. The topological polar surface area (TPSA) is 35.5 Å². The van der Waals surface area contributed by atoms with Crippen LogP contribution in [-0.4, -0.2) is 25.9 Å². The molecule has 0 radical (unpaired) electrons. The van der Waals surface area contributed by atoms with Crippen molar-refractivity contribution >= 4 is 6.29 Å². The first-order valence-corrected chi connectivity index (χ1v) is 5.30. The number of hydrogen-bond acceptors (Lipinski definition) is 3. The van der Waals surface area contributed by atoms with Gasteiger partial charge < -0.3 is 9.47 Å². The highest BCUT2D eigenvalue weighted by Gasteiger charge is 2.09. The first-order valence-electron chi connectivity index (χ1n) is 5.30. The van der Waals surface area contributed by atoms with Crippen LogP contribution in [0, 0.1) is 0 Å². The number of hydrogen-bond donors (Lipinski definition) is 0. The van der Waals surface area contributed by atoms with Gasteiger partial charge in [-0.05, 0) is 18.6 Å². The van der Waals surface area contributed by atoms with Crippen molar-refractivity contribution in [2.24, 2.45) is 0 Å². The monoisotopic (exact) mass is 244 g/mol. The molecule has 0 amide bonds. The average Bonchev–Trinajstić information content (AvgIpc) is 2.33. The van der Waals surface area contributed by atoms with Crippen molar-refractivity contribution in [2.75, 3.05) is 13.2 Å². The quantitative estimate of drug-likeness (QED) is 0.692. The minimum atomic E-state index is -2.57. The van der Waals surface area contributed by atoms with Gasteiger partial charge in [0, 0.05) is 6.07 Å². The molecule has 94 valence electrons. The maximum Gasteiger partial charge on any atom is 0.272 e. The number of carbonyl (C=O) groups excluding carboxylic acids is 1. The predicted octanol–water partition coefficient (Wildman–Crippen LogP) is 2.93. The third-order valence-electron chi connectivity index (χ3n) is 1.95. The van der Waals surface area contributed by atoms with E-state index in [2.05, 4.69) is 0 Å². The molecule has 1 rings (SSSR count). The smallest absolute Gasteiger partial charge is 0.272 e. The molecule has 0 spiro atoms. The van der Waals surface area contributed by atoms with E-state index < -0.39 is 13.0 Å². The second-order valence-electron chi connectivity index (χ2n) is 3.37. The third-order valence-corrected chi connectivity index (χ3v) is 1.95. The number of halogens is 2. The lowest BCUT2D eigenvalue weighted by Gasteiger charge is -2.10. The fraction of sp³-hybridized carbons (Fsp3) is 0.417. The van der Waals surface area contributed by atoms with Crippen molar-refractivity contribution < 1.29 is 23.0 Å². The van der Waals surface area contributed by atoms with Gasteiger partial charge in [-0.15, -0.1) is 0 Å². The Morgan fingerprint density at radius 3 is 2.71 bits per heavy atom. The summed E-state index contributed by atoms with van der Waals surface area (Å²) < 4.78 is 34.2. The van der Waals surface area contributed by atoms with E-state index in [1.807, 2.05) is 6.92 Å². The third kappa shape index (κ3) is 4.38. The molecule has 0 saturated heterocycles. The summed E-state index contributed by atoms with van der Waals surface area (Å²) in [6, 6.07) is 4.54. The van der Waals surface area contributed by atoms with Gasteiger partial charge in [0.1, 0.15) is 18.1 Å².